The highest BCUT2D eigenvalue weighted by Crippen LogP contribution is 2.14. The Labute approximate surface area is 108 Å². The van der Waals surface area contributed by atoms with Crippen molar-refractivity contribution < 1.29 is 4.79 Å². The molecular formula is C11H13N3OS2. The molecule has 2 N–H and O–H groups in total. The van der Waals surface area contributed by atoms with E-state index < -0.39 is 0 Å². The maximum Gasteiger partial charge on any atom is 0.228 e. The number of amides is 1. The van der Waals surface area contributed by atoms with E-state index >= 15 is 0 Å². The fourth-order valence-electron chi connectivity index (χ4n) is 1.42. The van der Waals surface area contributed by atoms with Crippen molar-refractivity contribution in [2.45, 2.75) is 13.0 Å². The van der Waals surface area contributed by atoms with Gasteiger partial charge in [-0.25, -0.2) is 4.98 Å². The second kappa shape index (κ2) is 5.29. The first-order valence-electron chi connectivity index (χ1n) is 5.11. The number of carbonyl (C=O) groups is 1. The lowest BCUT2D eigenvalue weighted by Gasteiger charge is -2.15. The smallest absolute Gasteiger partial charge is 0.228 e. The molecule has 0 aliphatic carbocycles. The summed E-state index contributed by atoms with van der Waals surface area (Å²) in [6.45, 7) is 0.649. The summed E-state index contributed by atoms with van der Waals surface area (Å²) in [6, 6.07) is 4.01. The van der Waals surface area contributed by atoms with Gasteiger partial charge >= 0.3 is 0 Å². The van der Waals surface area contributed by atoms with Gasteiger partial charge < -0.3 is 10.6 Å². The van der Waals surface area contributed by atoms with Gasteiger partial charge in [0.2, 0.25) is 5.91 Å². The molecule has 90 valence electrons. The number of nitrogens with zero attached hydrogens (tertiary/aromatic N) is 2. The van der Waals surface area contributed by atoms with Crippen molar-refractivity contribution in [1.82, 2.24) is 9.88 Å². The quantitative estimate of drug-likeness (QED) is 0.921. The molecule has 2 rings (SSSR count). The molecule has 0 radical (unpaired) electrons. The van der Waals surface area contributed by atoms with E-state index in [1.165, 1.54) is 16.2 Å². The van der Waals surface area contributed by atoms with E-state index in [2.05, 4.69) is 4.98 Å². The van der Waals surface area contributed by atoms with Gasteiger partial charge in [-0.15, -0.1) is 22.7 Å². The highest BCUT2D eigenvalue weighted by Gasteiger charge is 2.12. The summed E-state index contributed by atoms with van der Waals surface area (Å²) in [5.41, 5.74) is 6.27. The number of hydrogen-bond donors (Lipinski definition) is 1. The second-order valence-electron chi connectivity index (χ2n) is 3.68. The largest absolute Gasteiger partial charge is 0.375 e. The Bertz CT molecular complexity index is 493. The van der Waals surface area contributed by atoms with E-state index in [1.54, 1.807) is 23.3 Å². The molecule has 0 aliphatic rings. The number of aromatic nitrogens is 1. The molecule has 2 aromatic heterocycles. The van der Waals surface area contributed by atoms with Gasteiger partial charge in [0.1, 0.15) is 0 Å². The molecule has 0 spiro atoms. The fourth-order valence-corrected chi connectivity index (χ4v) is 2.74. The van der Waals surface area contributed by atoms with Crippen LogP contribution in [0.15, 0.2) is 22.9 Å². The van der Waals surface area contributed by atoms with Gasteiger partial charge in [-0.2, -0.15) is 0 Å². The third-order valence-electron chi connectivity index (χ3n) is 2.30. The van der Waals surface area contributed by atoms with Crippen LogP contribution in [-0.4, -0.2) is 22.8 Å². The minimum Gasteiger partial charge on any atom is -0.375 e. The van der Waals surface area contributed by atoms with Crippen LogP contribution in [0, 0.1) is 0 Å². The molecule has 1 amide bonds. The predicted molar refractivity (Wildman–Crippen MR) is 71.0 cm³/mol. The van der Waals surface area contributed by atoms with Crippen molar-refractivity contribution in [1.29, 1.82) is 0 Å². The molecule has 2 aromatic rings. The number of hydrogen-bond acceptors (Lipinski definition) is 5. The average molecular weight is 267 g/mol. The molecule has 0 bridgehead atoms. The van der Waals surface area contributed by atoms with Crippen molar-refractivity contribution in [2.75, 3.05) is 12.8 Å². The van der Waals surface area contributed by atoms with Gasteiger partial charge in [0.25, 0.3) is 0 Å². The maximum absolute atomic E-state index is 11.9. The minimum absolute atomic E-state index is 0.0590. The van der Waals surface area contributed by atoms with Gasteiger partial charge in [-0.3, -0.25) is 4.79 Å². The Morgan fingerprint density at radius 1 is 1.53 bits per heavy atom. The van der Waals surface area contributed by atoms with Crippen molar-refractivity contribution in [3.8, 4) is 0 Å². The van der Waals surface area contributed by atoms with Gasteiger partial charge in [0, 0.05) is 17.3 Å². The van der Waals surface area contributed by atoms with E-state index in [-0.39, 0.29) is 5.91 Å². The zero-order valence-electron chi connectivity index (χ0n) is 9.42. The van der Waals surface area contributed by atoms with Gasteiger partial charge in [0.05, 0.1) is 18.7 Å². The predicted octanol–water partition coefficient (Wildman–Crippen LogP) is 1.99. The van der Waals surface area contributed by atoms with Gasteiger partial charge in [0.15, 0.2) is 5.13 Å². The number of nitrogen functional groups attached to an aromatic ring is 1. The summed E-state index contributed by atoms with van der Waals surface area (Å²) in [5.74, 6) is 0.0590. The van der Waals surface area contributed by atoms with Crippen LogP contribution in [0.25, 0.3) is 0 Å². The third-order valence-corrected chi connectivity index (χ3v) is 3.88. The van der Waals surface area contributed by atoms with Crippen LogP contribution in [-0.2, 0) is 17.8 Å². The lowest BCUT2D eigenvalue weighted by Crippen LogP contribution is -2.27. The summed E-state index contributed by atoms with van der Waals surface area (Å²) in [7, 11) is 1.80. The zero-order chi connectivity index (χ0) is 12.3. The van der Waals surface area contributed by atoms with Crippen LogP contribution in [0.1, 0.15) is 10.6 Å². The summed E-state index contributed by atoms with van der Waals surface area (Å²) in [6.07, 6.45) is 0.315. The van der Waals surface area contributed by atoms with Crippen LogP contribution in [0.4, 0.5) is 5.13 Å². The number of likely N-dealkylation sites (N-methyl/N-ethyl adjacent to an activating group) is 1. The molecule has 17 heavy (non-hydrogen) atoms. The van der Waals surface area contributed by atoms with Crippen LogP contribution < -0.4 is 5.73 Å². The zero-order valence-corrected chi connectivity index (χ0v) is 11.1. The lowest BCUT2D eigenvalue weighted by atomic mass is 10.3. The van der Waals surface area contributed by atoms with E-state index in [4.69, 9.17) is 5.73 Å². The third kappa shape index (κ3) is 3.28. The first-order chi connectivity index (χ1) is 8.15. The molecule has 6 heteroatoms. The Morgan fingerprint density at radius 3 is 2.94 bits per heavy atom. The van der Waals surface area contributed by atoms with Crippen LogP contribution >= 0.6 is 22.7 Å². The second-order valence-corrected chi connectivity index (χ2v) is 5.60. The SMILES string of the molecule is CN(Cc1cccs1)C(=O)Cc1csc(N)n1. The van der Waals surface area contributed by atoms with E-state index in [1.807, 2.05) is 22.9 Å². The Kier molecular flexibility index (Phi) is 3.75. The van der Waals surface area contributed by atoms with Crippen molar-refractivity contribution in [2.24, 2.45) is 0 Å². The minimum atomic E-state index is 0.0590. The first kappa shape index (κ1) is 12.1. The van der Waals surface area contributed by atoms with Gasteiger partial charge in [-0.05, 0) is 11.4 Å². The number of thiazole rings is 1. The molecular weight excluding hydrogens is 254 g/mol. The molecule has 0 fully saturated rings. The number of thiophene rings is 1. The highest BCUT2D eigenvalue weighted by atomic mass is 32.1. The maximum atomic E-state index is 11.9. The van der Waals surface area contributed by atoms with E-state index in [0.29, 0.717) is 18.1 Å². The van der Waals surface area contributed by atoms with Crippen LogP contribution in [0.5, 0.6) is 0 Å². The van der Waals surface area contributed by atoms with Crippen molar-refractivity contribution >= 4 is 33.7 Å². The first-order valence-corrected chi connectivity index (χ1v) is 6.87. The van der Waals surface area contributed by atoms with Gasteiger partial charge in [-0.1, -0.05) is 6.07 Å². The molecule has 0 aromatic carbocycles. The number of anilines is 1. The molecule has 2 heterocycles. The summed E-state index contributed by atoms with van der Waals surface area (Å²) in [4.78, 5) is 18.9. The van der Waals surface area contributed by atoms with E-state index in [9.17, 15) is 4.79 Å². The molecule has 0 saturated carbocycles. The number of carbonyl (C=O) groups excluding carboxylic acids is 1. The topological polar surface area (TPSA) is 59.2 Å². The summed E-state index contributed by atoms with van der Waals surface area (Å²) < 4.78 is 0. The Balaban J connectivity index is 1.91. The normalized spacial score (nSPS) is 10.4. The monoisotopic (exact) mass is 267 g/mol. The molecule has 0 atom stereocenters. The lowest BCUT2D eigenvalue weighted by molar-refractivity contribution is -0.129. The standard InChI is InChI=1S/C11H13N3OS2/c1-14(6-9-3-2-4-16-9)10(15)5-8-7-17-11(12)13-8/h2-4,7H,5-6H2,1H3,(H2,12,13). The Hall–Kier alpha value is -1.40. The fraction of sp³-hybridized carbons (Fsp3) is 0.273. The van der Waals surface area contributed by atoms with Crippen LogP contribution in [0.2, 0.25) is 0 Å². The molecule has 0 saturated heterocycles. The average Bonchev–Trinajstić information content (AvgIpc) is 2.90. The van der Waals surface area contributed by atoms with E-state index in [0.717, 1.165) is 5.69 Å². The number of nitrogens with two attached hydrogens (primary N) is 1. The summed E-state index contributed by atoms with van der Waals surface area (Å²) >= 11 is 3.01. The number of rotatable bonds is 4. The molecule has 4 nitrogen and oxygen atoms in total. The van der Waals surface area contributed by atoms with Crippen LogP contribution in [0.3, 0.4) is 0 Å². The molecule has 0 aliphatic heterocycles. The molecule has 0 unspecified atom stereocenters. The highest BCUT2D eigenvalue weighted by molar-refractivity contribution is 7.13. The van der Waals surface area contributed by atoms with Crippen molar-refractivity contribution in [3.63, 3.8) is 0 Å². The Morgan fingerprint density at radius 2 is 2.35 bits per heavy atom. The summed E-state index contributed by atoms with van der Waals surface area (Å²) in [5, 5.41) is 4.34. The van der Waals surface area contributed by atoms with Crippen molar-refractivity contribution in [3.05, 3.63) is 33.5 Å².